The second-order valence-corrected chi connectivity index (χ2v) is 5.66. The van der Waals surface area contributed by atoms with Gasteiger partial charge in [0.15, 0.2) is 0 Å². The van der Waals surface area contributed by atoms with E-state index < -0.39 is 17.6 Å². The fourth-order valence-electron chi connectivity index (χ4n) is 1.43. The molecule has 0 aromatic heterocycles. The van der Waals surface area contributed by atoms with Crippen LogP contribution in [0.25, 0.3) is 0 Å². The fraction of sp³-hybridized carbons (Fsp3) is 0.462. The van der Waals surface area contributed by atoms with Crippen molar-refractivity contribution in [3.8, 4) is 0 Å². The van der Waals surface area contributed by atoms with Crippen molar-refractivity contribution in [1.29, 1.82) is 0 Å². The first-order valence-corrected chi connectivity index (χ1v) is 6.82. The number of nitrogens with two attached hydrogens (primary N) is 1. The van der Waals surface area contributed by atoms with Gasteiger partial charge in [-0.3, -0.25) is 4.79 Å². The van der Waals surface area contributed by atoms with E-state index in [1.165, 1.54) is 12.1 Å². The van der Waals surface area contributed by atoms with Crippen LogP contribution in [0, 0.1) is 5.92 Å². The van der Waals surface area contributed by atoms with Crippen LogP contribution in [0.2, 0.25) is 0 Å². The van der Waals surface area contributed by atoms with Crippen molar-refractivity contribution in [2.75, 3.05) is 6.54 Å². The minimum Gasteiger partial charge on any atom is -0.350 e. The van der Waals surface area contributed by atoms with Gasteiger partial charge in [-0.15, -0.1) is 0 Å². The Morgan fingerprint density at radius 2 is 2.00 bits per heavy atom. The number of carbonyl (C=O) groups excluding carboxylic acids is 1. The van der Waals surface area contributed by atoms with Crippen molar-refractivity contribution in [3.63, 3.8) is 0 Å². The summed E-state index contributed by atoms with van der Waals surface area (Å²) in [6, 6.07) is 3.12. The van der Waals surface area contributed by atoms with Gasteiger partial charge in [0, 0.05) is 22.6 Å². The lowest BCUT2D eigenvalue weighted by Gasteiger charge is -2.16. The molecule has 0 aliphatic rings. The molecule has 3 N–H and O–H groups in total. The van der Waals surface area contributed by atoms with E-state index in [0.717, 1.165) is 6.07 Å². The highest BCUT2D eigenvalue weighted by molar-refractivity contribution is 9.10. The molecule has 1 rings (SSSR count). The zero-order chi connectivity index (χ0) is 15.5. The fourth-order valence-corrected chi connectivity index (χ4v) is 1.90. The summed E-state index contributed by atoms with van der Waals surface area (Å²) in [5.41, 5.74) is 4.84. The maximum absolute atomic E-state index is 12.7. The zero-order valence-corrected chi connectivity index (χ0v) is 12.7. The van der Waals surface area contributed by atoms with Crippen molar-refractivity contribution < 1.29 is 18.0 Å². The van der Waals surface area contributed by atoms with Crippen LogP contribution < -0.4 is 11.1 Å². The SMILES string of the molecule is CC(C)C(N)CNC(=O)c1ccc(Br)c(C(F)(F)F)c1. The summed E-state index contributed by atoms with van der Waals surface area (Å²) in [5, 5.41) is 2.53. The van der Waals surface area contributed by atoms with E-state index in [4.69, 9.17) is 5.73 Å². The van der Waals surface area contributed by atoms with Gasteiger partial charge >= 0.3 is 6.18 Å². The minimum absolute atomic E-state index is 0.0449. The minimum atomic E-state index is -4.51. The summed E-state index contributed by atoms with van der Waals surface area (Å²) in [4.78, 5) is 11.8. The molecule has 0 spiro atoms. The maximum atomic E-state index is 12.7. The number of nitrogens with one attached hydrogen (secondary N) is 1. The molecule has 1 aromatic rings. The number of benzene rings is 1. The van der Waals surface area contributed by atoms with Gasteiger partial charge < -0.3 is 11.1 Å². The number of hydrogen-bond acceptors (Lipinski definition) is 2. The van der Waals surface area contributed by atoms with E-state index in [9.17, 15) is 18.0 Å². The normalized spacial score (nSPS) is 13.4. The van der Waals surface area contributed by atoms with E-state index in [1.807, 2.05) is 13.8 Å². The van der Waals surface area contributed by atoms with E-state index in [2.05, 4.69) is 21.2 Å². The predicted molar refractivity (Wildman–Crippen MR) is 74.3 cm³/mol. The highest BCUT2D eigenvalue weighted by atomic mass is 79.9. The van der Waals surface area contributed by atoms with Gasteiger partial charge in [-0.05, 0) is 24.1 Å². The molecule has 0 bridgehead atoms. The van der Waals surface area contributed by atoms with Crippen LogP contribution in [0.5, 0.6) is 0 Å². The monoisotopic (exact) mass is 352 g/mol. The lowest BCUT2D eigenvalue weighted by Crippen LogP contribution is -2.40. The largest absolute Gasteiger partial charge is 0.417 e. The molecule has 0 heterocycles. The first kappa shape index (κ1) is 17.0. The molecule has 112 valence electrons. The third-order valence-corrected chi connectivity index (χ3v) is 3.58. The van der Waals surface area contributed by atoms with Crippen LogP contribution in [0.15, 0.2) is 22.7 Å². The van der Waals surface area contributed by atoms with Crippen molar-refractivity contribution in [2.24, 2.45) is 11.7 Å². The Hall–Kier alpha value is -1.08. The third-order valence-electron chi connectivity index (χ3n) is 2.89. The molecule has 3 nitrogen and oxygen atoms in total. The van der Waals surface area contributed by atoms with Crippen molar-refractivity contribution in [3.05, 3.63) is 33.8 Å². The van der Waals surface area contributed by atoms with Gasteiger partial charge in [0.05, 0.1) is 5.56 Å². The summed E-state index contributed by atoms with van der Waals surface area (Å²) in [7, 11) is 0. The highest BCUT2D eigenvalue weighted by Crippen LogP contribution is 2.35. The quantitative estimate of drug-likeness (QED) is 0.874. The molecule has 1 unspecified atom stereocenters. The molecule has 0 aliphatic carbocycles. The molecule has 0 radical (unpaired) electrons. The number of carbonyl (C=O) groups is 1. The molecular weight excluding hydrogens is 337 g/mol. The summed E-state index contributed by atoms with van der Waals surface area (Å²) in [6.45, 7) is 4.02. The van der Waals surface area contributed by atoms with Crippen LogP contribution in [-0.4, -0.2) is 18.5 Å². The summed E-state index contributed by atoms with van der Waals surface area (Å²) in [6.07, 6.45) is -4.51. The van der Waals surface area contributed by atoms with Gasteiger partial charge in [-0.1, -0.05) is 29.8 Å². The Kier molecular flexibility index (Phi) is 5.59. The lowest BCUT2D eigenvalue weighted by atomic mass is 10.1. The Morgan fingerprint density at radius 1 is 1.40 bits per heavy atom. The molecular formula is C13H16BrF3N2O. The van der Waals surface area contributed by atoms with Crippen LogP contribution in [0.1, 0.15) is 29.8 Å². The number of amides is 1. The average Bonchev–Trinajstić information content (AvgIpc) is 2.34. The molecule has 0 fully saturated rings. The van der Waals surface area contributed by atoms with Crippen molar-refractivity contribution in [2.45, 2.75) is 26.1 Å². The van der Waals surface area contributed by atoms with Crippen molar-refractivity contribution >= 4 is 21.8 Å². The summed E-state index contributed by atoms with van der Waals surface area (Å²) in [5.74, 6) is -0.398. The van der Waals surface area contributed by atoms with Crippen LogP contribution in [-0.2, 0) is 6.18 Å². The molecule has 0 aliphatic heterocycles. The average molecular weight is 353 g/mol. The topological polar surface area (TPSA) is 55.1 Å². The van der Waals surface area contributed by atoms with Crippen LogP contribution in [0.4, 0.5) is 13.2 Å². The predicted octanol–water partition coefficient (Wildman–Crippen LogP) is 3.18. The smallest absolute Gasteiger partial charge is 0.350 e. The van der Waals surface area contributed by atoms with Crippen LogP contribution >= 0.6 is 15.9 Å². The third kappa shape index (κ3) is 4.49. The molecule has 0 saturated heterocycles. The molecule has 1 amide bonds. The number of alkyl halides is 3. The number of halogens is 4. The highest BCUT2D eigenvalue weighted by Gasteiger charge is 2.33. The Bertz CT molecular complexity index is 489. The first-order chi connectivity index (χ1) is 9.12. The molecule has 7 heteroatoms. The Labute approximate surface area is 123 Å². The Morgan fingerprint density at radius 3 is 2.50 bits per heavy atom. The molecule has 1 aromatic carbocycles. The van der Waals surface area contributed by atoms with Gasteiger partial charge in [-0.25, -0.2) is 0 Å². The van der Waals surface area contributed by atoms with E-state index in [-0.39, 0.29) is 28.5 Å². The second-order valence-electron chi connectivity index (χ2n) is 4.81. The maximum Gasteiger partial charge on any atom is 0.417 e. The number of rotatable bonds is 4. The first-order valence-electron chi connectivity index (χ1n) is 6.03. The van der Waals surface area contributed by atoms with Gasteiger partial charge in [0.2, 0.25) is 0 Å². The second kappa shape index (κ2) is 6.58. The molecule has 0 saturated carbocycles. The summed E-state index contributed by atoms with van der Waals surface area (Å²) < 4.78 is 38.1. The lowest BCUT2D eigenvalue weighted by molar-refractivity contribution is -0.138. The summed E-state index contributed by atoms with van der Waals surface area (Å²) >= 11 is 2.82. The van der Waals surface area contributed by atoms with E-state index in [0.29, 0.717) is 0 Å². The van der Waals surface area contributed by atoms with Crippen LogP contribution in [0.3, 0.4) is 0 Å². The van der Waals surface area contributed by atoms with Gasteiger partial charge in [-0.2, -0.15) is 13.2 Å². The van der Waals surface area contributed by atoms with E-state index >= 15 is 0 Å². The zero-order valence-electron chi connectivity index (χ0n) is 11.1. The molecule has 20 heavy (non-hydrogen) atoms. The van der Waals surface area contributed by atoms with Gasteiger partial charge in [0.25, 0.3) is 5.91 Å². The molecule has 1 atom stereocenters. The Balaban J connectivity index is 2.85. The number of hydrogen-bond donors (Lipinski definition) is 2. The van der Waals surface area contributed by atoms with E-state index in [1.54, 1.807) is 0 Å². The van der Waals surface area contributed by atoms with Crippen molar-refractivity contribution in [1.82, 2.24) is 5.32 Å². The van der Waals surface area contributed by atoms with Gasteiger partial charge in [0.1, 0.15) is 0 Å². The standard InChI is InChI=1S/C13H16BrF3N2O/c1-7(2)11(18)6-19-12(20)8-3-4-10(14)9(5-8)13(15,16)17/h3-5,7,11H,6,18H2,1-2H3,(H,19,20).